The van der Waals surface area contributed by atoms with Gasteiger partial charge in [-0.15, -0.1) is 0 Å². The highest BCUT2D eigenvalue weighted by atomic mass is 15.3. The van der Waals surface area contributed by atoms with Crippen LogP contribution in [0.3, 0.4) is 0 Å². The Morgan fingerprint density at radius 1 is 1.42 bits per heavy atom. The van der Waals surface area contributed by atoms with Crippen molar-refractivity contribution in [1.29, 1.82) is 0 Å². The number of aromatic nitrogens is 5. The summed E-state index contributed by atoms with van der Waals surface area (Å²) in [5.41, 5.74) is 0. The highest BCUT2D eigenvalue weighted by molar-refractivity contribution is 4.87. The predicted molar refractivity (Wildman–Crippen MR) is 42.3 cm³/mol. The van der Waals surface area contributed by atoms with Gasteiger partial charge in [0, 0.05) is 19.4 Å². The Hall–Kier alpha value is -1.65. The summed E-state index contributed by atoms with van der Waals surface area (Å²) >= 11 is 0. The second-order valence-electron chi connectivity index (χ2n) is 2.50. The van der Waals surface area contributed by atoms with E-state index in [0.717, 1.165) is 5.82 Å². The molecule has 0 N–H and O–H groups in total. The van der Waals surface area contributed by atoms with Crippen LogP contribution in [0.25, 0.3) is 0 Å². The molecule has 0 aliphatic heterocycles. The lowest BCUT2D eigenvalue weighted by Crippen LogP contribution is -2.06. The molecule has 0 amide bonds. The van der Waals surface area contributed by atoms with Crippen molar-refractivity contribution >= 4 is 0 Å². The Balaban J connectivity index is 2.20. The summed E-state index contributed by atoms with van der Waals surface area (Å²) in [6.07, 6.45) is 5.18. The van der Waals surface area contributed by atoms with E-state index in [4.69, 9.17) is 0 Å². The molecule has 2 aromatic heterocycles. The minimum atomic E-state index is 0.670. The average Bonchev–Trinajstić information content (AvgIpc) is 2.65. The van der Waals surface area contributed by atoms with Gasteiger partial charge in [0.2, 0.25) is 0 Å². The van der Waals surface area contributed by atoms with Crippen LogP contribution in [0.15, 0.2) is 24.8 Å². The van der Waals surface area contributed by atoms with Crippen molar-refractivity contribution in [3.05, 3.63) is 30.6 Å². The van der Waals surface area contributed by atoms with E-state index in [1.54, 1.807) is 17.2 Å². The lowest BCUT2D eigenvalue weighted by molar-refractivity contribution is 0.608. The fraction of sp³-hybridized carbons (Fsp3) is 0.286. The number of hydrogen-bond acceptors (Lipinski definition) is 3. The Labute approximate surface area is 69.7 Å². The lowest BCUT2D eigenvalue weighted by atomic mass is 10.6. The van der Waals surface area contributed by atoms with Crippen LogP contribution in [0.5, 0.6) is 0 Å². The first-order valence-electron chi connectivity index (χ1n) is 3.66. The van der Waals surface area contributed by atoms with Gasteiger partial charge in [0.05, 0.1) is 0 Å². The average molecular weight is 163 g/mol. The maximum Gasteiger partial charge on any atom is 0.148 e. The minimum Gasteiger partial charge on any atom is -0.265 e. The topological polar surface area (TPSA) is 48.5 Å². The Morgan fingerprint density at radius 2 is 2.33 bits per heavy atom. The van der Waals surface area contributed by atoms with Gasteiger partial charge in [-0.2, -0.15) is 10.2 Å². The Bertz CT molecular complexity index is 348. The number of rotatable bonds is 2. The number of aryl methyl sites for hydroxylation is 1. The van der Waals surface area contributed by atoms with Gasteiger partial charge >= 0.3 is 0 Å². The van der Waals surface area contributed by atoms with E-state index in [-0.39, 0.29) is 0 Å². The fourth-order valence-electron chi connectivity index (χ4n) is 1.00. The Morgan fingerprint density at radius 3 is 2.92 bits per heavy atom. The zero-order valence-corrected chi connectivity index (χ0v) is 6.75. The molecule has 5 nitrogen and oxygen atoms in total. The van der Waals surface area contributed by atoms with Gasteiger partial charge in [-0.1, -0.05) is 0 Å². The molecule has 0 aliphatic rings. The van der Waals surface area contributed by atoms with Crippen molar-refractivity contribution < 1.29 is 0 Å². The van der Waals surface area contributed by atoms with Crippen LogP contribution in [0.1, 0.15) is 5.82 Å². The highest BCUT2D eigenvalue weighted by Gasteiger charge is 1.99. The summed E-state index contributed by atoms with van der Waals surface area (Å²) < 4.78 is 3.55. The molecule has 0 radical (unpaired) electrons. The van der Waals surface area contributed by atoms with Crippen molar-refractivity contribution in [2.75, 3.05) is 0 Å². The van der Waals surface area contributed by atoms with Gasteiger partial charge in [-0.25, -0.2) is 4.98 Å². The molecule has 0 bridgehead atoms. The van der Waals surface area contributed by atoms with E-state index in [9.17, 15) is 0 Å². The van der Waals surface area contributed by atoms with Crippen LogP contribution in [-0.4, -0.2) is 24.5 Å². The molecule has 2 rings (SSSR count). The molecule has 0 unspecified atom stereocenters. The summed E-state index contributed by atoms with van der Waals surface area (Å²) in [4.78, 5) is 4.08. The quantitative estimate of drug-likeness (QED) is 0.629. The number of nitrogens with zero attached hydrogens (tertiary/aromatic N) is 5. The molecule has 0 fully saturated rings. The van der Waals surface area contributed by atoms with E-state index >= 15 is 0 Å². The van der Waals surface area contributed by atoms with Crippen molar-refractivity contribution in [3.8, 4) is 0 Å². The third-order valence-electron chi connectivity index (χ3n) is 1.67. The minimum absolute atomic E-state index is 0.670. The molecule has 2 heterocycles. The van der Waals surface area contributed by atoms with Crippen LogP contribution >= 0.6 is 0 Å². The first-order chi connectivity index (χ1) is 5.86. The highest BCUT2D eigenvalue weighted by Crippen LogP contribution is 1.94. The monoisotopic (exact) mass is 163 g/mol. The zero-order valence-electron chi connectivity index (χ0n) is 6.75. The third kappa shape index (κ3) is 1.20. The van der Waals surface area contributed by atoms with E-state index < -0.39 is 0 Å². The SMILES string of the molecule is Cn1ncnc1Cn1cccn1. The molecule has 62 valence electrons. The normalized spacial score (nSPS) is 10.4. The van der Waals surface area contributed by atoms with Crippen molar-refractivity contribution in [2.24, 2.45) is 7.05 Å². The zero-order chi connectivity index (χ0) is 8.39. The molecule has 0 saturated heterocycles. The van der Waals surface area contributed by atoms with Gasteiger partial charge < -0.3 is 0 Å². The molecule has 12 heavy (non-hydrogen) atoms. The fourth-order valence-corrected chi connectivity index (χ4v) is 1.00. The number of hydrogen-bond donors (Lipinski definition) is 0. The van der Waals surface area contributed by atoms with Gasteiger partial charge in [0.25, 0.3) is 0 Å². The first-order valence-corrected chi connectivity index (χ1v) is 3.66. The van der Waals surface area contributed by atoms with Crippen molar-refractivity contribution in [1.82, 2.24) is 24.5 Å². The molecule has 5 heteroatoms. The van der Waals surface area contributed by atoms with E-state index in [0.29, 0.717) is 6.54 Å². The summed E-state index contributed by atoms with van der Waals surface area (Å²) in [5, 5.41) is 8.03. The van der Waals surface area contributed by atoms with Gasteiger partial charge in [0.15, 0.2) is 0 Å². The molecular formula is C7H9N5. The standard InChI is InChI=1S/C7H9N5/c1-11-7(8-6-10-11)5-12-4-2-3-9-12/h2-4,6H,5H2,1H3. The van der Waals surface area contributed by atoms with Crippen LogP contribution in [-0.2, 0) is 13.6 Å². The van der Waals surface area contributed by atoms with Crippen molar-refractivity contribution in [2.45, 2.75) is 6.54 Å². The lowest BCUT2D eigenvalue weighted by Gasteiger charge is -1.99. The van der Waals surface area contributed by atoms with Crippen molar-refractivity contribution in [3.63, 3.8) is 0 Å². The van der Waals surface area contributed by atoms with Crippen LogP contribution in [0.4, 0.5) is 0 Å². The van der Waals surface area contributed by atoms with Gasteiger partial charge in [-0.3, -0.25) is 9.36 Å². The molecule has 0 atom stereocenters. The molecule has 2 aromatic rings. The Kier molecular flexibility index (Phi) is 1.62. The van der Waals surface area contributed by atoms with Crippen LogP contribution in [0, 0.1) is 0 Å². The van der Waals surface area contributed by atoms with E-state index in [1.165, 1.54) is 0 Å². The predicted octanol–water partition coefficient (Wildman–Crippen LogP) is 0.0599. The molecule has 0 aliphatic carbocycles. The summed E-state index contributed by atoms with van der Waals surface area (Å²) in [6, 6.07) is 1.89. The van der Waals surface area contributed by atoms with E-state index in [2.05, 4.69) is 15.2 Å². The second kappa shape index (κ2) is 2.77. The smallest absolute Gasteiger partial charge is 0.148 e. The molecule has 0 saturated carbocycles. The largest absolute Gasteiger partial charge is 0.265 e. The van der Waals surface area contributed by atoms with Gasteiger partial charge in [-0.05, 0) is 6.07 Å². The first kappa shape index (κ1) is 7.02. The van der Waals surface area contributed by atoms with Crippen LogP contribution in [0.2, 0.25) is 0 Å². The van der Waals surface area contributed by atoms with Crippen LogP contribution < -0.4 is 0 Å². The third-order valence-corrected chi connectivity index (χ3v) is 1.67. The molecular weight excluding hydrogens is 154 g/mol. The summed E-state index contributed by atoms with van der Waals surface area (Å²) in [7, 11) is 1.87. The maximum atomic E-state index is 4.08. The second-order valence-corrected chi connectivity index (χ2v) is 2.50. The molecule has 0 aromatic carbocycles. The van der Waals surface area contributed by atoms with E-state index in [1.807, 2.05) is 24.0 Å². The summed E-state index contributed by atoms with van der Waals surface area (Å²) in [5.74, 6) is 0.902. The molecule has 0 spiro atoms. The maximum absolute atomic E-state index is 4.08. The van der Waals surface area contributed by atoms with Gasteiger partial charge in [0.1, 0.15) is 18.7 Å². The summed E-state index contributed by atoms with van der Waals surface area (Å²) in [6.45, 7) is 0.670.